The van der Waals surface area contributed by atoms with E-state index in [0.717, 1.165) is 5.56 Å². The number of carbonyl (C=O) groups is 2. The summed E-state index contributed by atoms with van der Waals surface area (Å²) in [6, 6.07) is 8.90. The summed E-state index contributed by atoms with van der Waals surface area (Å²) in [7, 11) is 3.10. The molecule has 1 N–H and O–H groups in total. The first-order chi connectivity index (χ1) is 10.9. The van der Waals surface area contributed by atoms with Crippen LogP contribution in [0.25, 0.3) is 0 Å². The molecular formula is C17H21N3O3. The lowest BCUT2D eigenvalue weighted by Crippen LogP contribution is -2.36. The molecule has 6 nitrogen and oxygen atoms in total. The molecule has 1 amide bonds. The van der Waals surface area contributed by atoms with E-state index >= 15 is 0 Å². The number of nitrogens with one attached hydrogen (secondary N) is 1. The summed E-state index contributed by atoms with van der Waals surface area (Å²) in [6.07, 6.45) is 1.66. The van der Waals surface area contributed by atoms with Gasteiger partial charge in [0.2, 0.25) is 0 Å². The molecular weight excluding hydrogens is 294 g/mol. The SMILES string of the molecule is COC(=O)[C@H](C)[C@H](NC(=O)c1cn(C)nc1C)c1ccccc1. The average Bonchev–Trinajstić information content (AvgIpc) is 2.90. The highest BCUT2D eigenvalue weighted by Gasteiger charge is 2.28. The summed E-state index contributed by atoms with van der Waals surface area (Å²) in [6.45, 7) is 3.51. The molecule has 0 saturated carbocycles. The lowest BCUT2D eigenvalue weighted by molar-refractivity contribution is -0.145. The Morgan fingerprint density at radius 1 is 1.26 bits per heavy atom. The van der Waals surface area contributed by atoms with Gasteiger partial charge in [0, 0.05) is 13.2 Å². The molecule has 1 aromatic heterocycles. The lowest BCUT2D eigenvalue weighted by atomic mass is 9.94. The molecule has 6 heteroatoms. The van der Waals surface area contributed by atoms with Crippen LogP contribution in [0.5, 0.6) is 0 Å². The van der Waals surface area contributed by atoms with E-state index < -0.39 is 12.0 Å². The van der Waals surface area contributed by atoms with E-state index in [4.69, 9.17) is 4.74 Å². The third-order valence-electron chi connectivity index (χ3n) is 3.78. The predicted octanol–water partition coefficient (Wildman–Crippen LogP) is 2.01. The maximum absolute atomic E-state index is 12.6. The smallest absolute Gasteiger partial charge is 0.310 e. The Labute approximate surface area is 135 Å². The van der Waals surface area contributed by atoms with Gasteiger partial charge in [-0.2, -0.15) is 5.10 Å². The average molecular weight is 315 g/mol. The second kappa shape index (κ2) is 7.09. The van der Waals surface area contributed by atoms with E-state index in [1.165, 1.54) is 7.11 Å². The van der Waals surface area contributed by atoms with Crippen molar-refractivity contribution >= 4 is 11.9 Å². The minimum Gasteiger partial charge on any atom is -0.469 e. The summed E-state index contributed by atoms with van der Waals surface area (Å²) in [5.41, 5.74) is 1.98. The van der Waals surface area contributed by atoms with Gasteiger partial charge in [-0.25, -0.2) is 0 Å². The zero-order chi connectivity index (χ0) is 17.0. The number of amides is 1. The highest BCUT2D eigenvalue weighted by molar-refractivity contribution is 5.95. The van der Waals surface area contributed by atoms with Crippen LogP contribution in [0.15, 0.2) is 36.5 Å². The molecule has 1 heterocycles. The third-order valence-corrected chi connectivity index (χ3v) is 3.78. The zero-order valence-corrected chi connectivity index (χ0v) is 13.7. The molecule has 2 atom stereocenters. The summed E-state index contributed by atoms with van der Waals surface area (Å²) >= 11 is 0. The first kappa shape index (κ1) is 16.7. The molecule has 0 bridgehead atoms. The number of benzene rings is 1. The normalized spacial score (nSPS) is 13.2. The topological polar surface area (TPSA) is 73.2 Å². The first-order valence-electron chi connectivity index (χ1n) is 7.38. The summed E-state index contributed by atoms with van der Waals surface area (Å²) in [5.74, 6) is -1.15. The van der Waals surface area contributed by atoms with Gasteiger partial charge >= 0.3 is 5.97 Å². The number of hydrogen-bond donors (Lipinski definition) is 1. The zero-order valence-electron chi connectivity index (χ0n) is 13.7. The molecule has 0 fully saturated rings. The van der Waals surface area contributed by atoms with Crippen molar-refractivity contribution in [3.05, 3.63) is 53.3 Å². The Balaban J connectivity index is 2.29. The van der Waals surface area contributed by atoms with Gasteiger partial charge in [-0.05, 0) is 19.4 Å². The van der Waals surface area contributed by atoms with E-state index in [1.807, 2.05) is 30.3 Å². The Bertz CT molecular complexity index is 694. The second-order valence-corrected chi connectivity index (χ2v) is 5.48. The minimum absolute atomic E-state index is 0.264. The number of ether oxygens (including phenoxy) is 1. The quantitative estimate of drug-likeness (QED) is 0.857. The molecule has 23 heavy (non-hydrogen) atoms. The van der Waals surface area contributed by atoms with Crippen LogP contribution in [0.2, 0.25) is 0 Å². The van der Waals surface area contributed by atoms with Crippen molar-refractivity contribution in [2.24, 2.45) is 13.0 Å². The van der Waals surface area contributed by atoms with Crippen molar-refractivity contribution in [1.29, 1.82) is 0 Å². The van der Waals surface area contributed by atoms with Crippen molar-refractivity contribution in [3.63, 3.8) is 0 Å². The van der Waals surface area contributed by atoms with Gasteiger partial charge in [-0.3, -0.25) is 14.3 Å². The maximum Gasteiger partial charge on any atom is 0.310 e. The molecule has 2 aromatic rings. The van der Waals surface area contributed by atoms with Crippen molar-refractivity contribution < 1.29 is 14.3 Å². The number of hydrogen-bond acceptors (Lipinski definition) is 4. The Morgan fingerprint density at radius 2 is 1.91 bits per heavy atom. The van der Waals surface area contributed by atoms with Gasteiger partial charge in [-0.15, -0.1) is 0 Å². The van der Waals surface area contributed by atoms with Crippen LogP contribution in [0.4, 0.5) is 0 Å². The predicted molar refractivity (Wildman–Crippen MR) is 85.8 cm³/mol. The fourth-order valence-corrected chi connectivity index (χ4v) is 2.52. The third kappa shape index (κ3) is 3.77. The summed E-state index contributed by atoms with van der Waals surface area (Å²) in [5, 5.41) is 7.10. The van der Waals surface area contributed by atoms with Gasteiger partial charge in [0.1, 0.15) is 0 Å². The van der Waals surface area contributed by atoms with Crippen molar-refractivity contribution in [3.8, 4) is 0 Å². The lowest BCUT2D eigenvalue weighted by Gasteiger charge is -2.24. The molecule has 0 aliphatic rings. The fourth-order valence-electron chi connectivity index (χ4n) is 2.52. The van der Waals surface area contributed by atoms with Crippen molar-refractivity contribution in [2.45, 2.75) is 19.9 Å². The van der Waals surface area contributed by atoms with Crippen LogP contribution in [0.3, 0.4) is 0 Å². The molecule has 0 aliphatic carbocycles. The van der Waals surface area contributed by atoms with Crippen LogP contribution in [-0.2, 0) is 16.6 Å². The minimum atomic E-state index is -0.511. The Morgan fingerprint density at radius 3 is 2.43 bits per heavy atom. The number of carbonyl (C=O) groups excluding carboxylic acids is 2. The maximum atomic E-state index is 12.6. The van der Waals surface area contributed by atoms with Crippen molar-refractivity contribution in [2.75, 3.05) is 7.11 Å². The van der Waals surface area contributed by atoms with Crippen molar-refractivity contribution in [1.82, 2.24) is 15.1 Å². The van der Waals surface area contributed by atoms with Crippen LogP contribution < -0.4 is 5.32 Å². The van der Waals surface area contributed by atoms with Gasteiger partial charge in [0.15, 0.2) is 0 Å². The number of nitrogens with zero attached hydrogens (tertiary/aromatic N) is 2. The highest BCUT2D eigenvalue weighted by atomic mass is 16.5. The second-order valence-electron chi connectivity index (χ2n) is 5.48. The number of aryl methyl sites for hydroxylation is 2. The summed E-state index contributed by atoms with van der Waals surface area (Å²) in [4.78, 5) is 24.5. The largest absolute Gasteiger partial charge is 0.469 e. The molecule has 0 spiro atoms. The van der Waals surface area contributed by atoms with Gasteiger partial charge < -0.3 is 10.1 Å². The van der Waals surface area contributed by atoms with E-state index in [2.05, 4.69) is 10.4 Å². The van der Waals surface area contributed by atoms with E-state index in [9.17, 15) is 9.59 Å². The molecule has 0 saturated heterocycles. The molecule has 0 aliphatic heterocycles. The molecule has 2 rings (SSSR count). The van der Waals surface area contributed by atoms with Gasteiger partial charge in [0.25, 0.3) is 5.91 Å². The number of aromatic nitrogens is 2. The highest BCUT2D eigenvalue weighted by Crippen LogP contribution is 2.23. The first-order valence-corrected chi connectivity index (χ1v) is 7.38. The standard InChI is InChI=1S/C17H21N3O3/c1-11(17(22)23-4)15(13-8-6-5-7-9-13)18-16(21)14-10-20(3)19-12(14)2/h5-11,15H,1-4H3,(H,18,21)/t11-,15+/m1/s1. The summed E-state index contributed by atoms with van der Waals surface area (Å²) < 4.78 is 6.41. The van der Waals surface area contributed by atoms with Gasteiger partial charge in [0.05, 0.1) is 30.3 Å². The monoisotopic (exact) mass is 315 g/mol. The van der Waals surface area contributed by atoms with E-state index in [0.29, 0.717) is 11.3 Å². The number of rotatable bonds is 5. The molecule has 0 radical (unpaired) electrons. The number of esters is 1. The number of methoxy groups -OCH3 is 1. The molecule has 122 valence electrons. The van der Waals surface area contributed by atoms with E-state index in [1.54, 1.807) is 31.8 Å². The fraction of sp³-hybridized carbons (Fsp3) is 0.353. The molecule has 1 aromatic carbocycles. The van der Waals surface area contributed by atoms with Crippen LogP contribution in [-0.4, -0.2) is 28.8 Å². The van der Waals surface area contributed by atoms with E-state index in [-0.39, 0.29) is 11.9 Å². The molecule has 0 unspecified atom stereocenters. The van der Waals surface area contributed by atoms with Gasteiger partial charge in [-0.1, -0.05) is 30.3 Å². The Kier molecular flexibility index (Phi) is 5.16. The van der Waals surface area contributed by atoms with Crippen LogP contribution in [0.1, 0.15) is 34.6 Å². The van der Waals surface area contributed by atoms with Crippen LogP contribution >= 0.6 is 0 Å². The Hall–Kier alpha value is -2.63. The van der Waals surface area contributed by atoms with Crippen LogP contribution in [0, 0.1) is 12.8 Å².